The second kappa shape index (κ2) is 5.33. The van der Waals surface area contributed by atoms with Gasteiger partial charge in [0.25, 0.3) is 0 Å². The molecule has 0 amide bonds. The molecule has 0 N–H and O–H groups in total. The van der Waals surface area contributed by atoms with Gasteiger partial charge in [-0.1, -0.05) is 41.6 Å². The van der Waals surface area contributed by atoms with E-state index >= 15 is 0 Å². The smallest absolute Gasteiger partial charge is 0.230 e. The normalized spacial score (nSPS) is 10.7. The average molecular weight is 282 g/mol. The highest BCUT2D eigenvalue weighted by Gasteiger charge is 2.32. The molecule has 19 heavy (non-hydrogen) atoms. The number of aromatic nitrogens is 1. The molecule has 0 radical (unpaired) electrons. The third kappa shape index (κ3) is 3.49. The van der Waals surface area contributed by atoms with Crippen molar-refractivity contribution in [2.75, 3.05) is 0 Å². The molecule has 0 aliphatic carbocycles. The van der Waals surface area contributed by atoms with Gasteiger partial charge in [-0.2, -0.15) is 13.2 Å². The summed E-state index contributed by atoms with van der Waals surface area (Å²) in [5.41, 5.74) is -0.0141. The minimum atomic E-state index is -4.50. The lowest BCUT2D eigenvalue weighted by molar-refractivity contribution is -0.141. The lowest BCUT2D eigenvalue weighted by Crippen LogP contribution is -2.08. The third-order valence-corrected chi connectivity index (χ3v) is 2.54. The number of pyridine rings is 1. The van der Waals surface area contributed by atoms with Gasteiger partial charge in [0.05, 0.1) is 5.56 Å². The standard InChI is InChI=1S/C14H7ClF3N/c15-13-11(7-6-10-4-2-1-3-5-10)8-9-12(19-13)14(16,17)18/h1-5,8-9H. The summed E-state index contributed by atoms with van der Waals surface area (Å²) in [5, 5.41) is -0.252. The van der Waals surface area contributed by atoms with E-state index in [1.807, 2.05) is 18.2 Å². The molecule has 0 saturated heterocycles. The molecule has 1 aromatic carbocycles. The highest BCUT2D eigenvalue weighted by molar-refractivity contribution is 6.30. The average Bonchev–Trinajstić information content (AvgIpc) is 2.37. The van der Waals surface area contributed by atoms with E-state index in [1.165, 1.54) is 6.07 Å². The first kappa shape index (κ1) is 13.4. The zero-order chi connectivity index (χ0) is 13.9. The van der Waals surface area contributed by atoms with Gasteiger partial charge in [0.1, 0.15) is 10.8 Å². The minimum Gasteiger partial charge on any atom is -0.230 e. The maximum absolute atomic E-state index is 12.4. The summed E-state index contributed by atoms with van der Waals surface area (Å²) in [6, 6.07) is 11.1. The van der Waals surface area contributed by atoms with Crippen molar-refractivity contribution in [2.24, 2.45) is 0 Å². The summed E-state index contributed by atoms with van der Waals surface area (Å²) >= 11 is 5.69. The first-order valence-corrected chi connectivity index (χ1v) is 5.65. The summed E-state index contributed by atoms with van der Waals surface area (Å²) in [5.74, 6) is 5.50. The van der Waals surface area contributed by atoms with Crippen LogP contribution < -0.4 is 0 Å². The summed E-state index contributed by atoms with van der Waals surface area (Å²) in [7, 11) is 0. The first-order chi connectivity index (χ1) is 8.97. The zero-order valence-electron chi connectivity index (χ0n) is 9.50. The van der Waals surface area contributed by atoms with Gasteiger partial charge in [-0.3, -0.25) is 0 Å². The van der Waals surface area contributed by atoms with E-state index < -0.39 is 11.9 Å². The molecule has 2 rings (SSSR count). The lowest BCUT2D eigenvalue weighted by Gasteiger charge is -2.05. The van der Waals surface area contributed by atoms with Crippen LogP contribution in [0, 0.1) is 11.8 Å². The molecule has 0 spiro atoms. The van der Waals surface area contributed by atoms with Crippen molar-refractivity contribution in [2.45, 2.75) is 6.18 Å². The molecule has 96 valence electrons. The van der Waals surface area contributed by atoms with Crippen LogP contribution in [0.3, 0.4) is 0 Å². The van der Waals surface area contributed by atoms with Crippen LogP contribution >= 0.6 is 11.6 Å². The number of hydrogen-bond donors (Lipinski definition) is 0. The Hall–Kier alpha value is -1.99. The number of nitrogens with zero attached hydrogens (tertiary/aromatic N) is 1. The molecule has 0 bridgehead atoms. The highest BCUT2D eigenvalue weighted by atomic mass is 35.5. The molecule has 5 heteroatoms. The lowest BCUT2D eigenvalue weighted by atomic mass is 10.2. The molecule has 2 aromatic rings. The second-order valence-electron chi connectivity index (χ2n) is 3.65. The quantitative estimate of drug-likeness (QED) is 0.522. The molecular formula is C14H7ClF3N. The van der Waals surface area contributed by atoms with E-state index in [0.717, 1.165) is 11.6 Å². The van der Waals surface area contributed by atoms with Gasteiger partial charge in [-0.25, -0.2) is 4.98 Å². The molecule has 1 heterocycles. The topological polar surface area (TPSA) is 12.9 Å². The third-order valence-electron chi connectivity index (χ3n) is 2.25. The molecule has 0 atom stereocenters. The van der Waals surface area contributed by atoms with Crippen LogP contribution in [0.15, 0.2) is 42.5 Å². The monoisotopic (exact) mass is 281 g/mol. The van der Waals surface area contributed by atoms with E-state index in [4.69, 9.17) is 11.6 Å². The van der Waals surface area contributed by atoms with Crippen molar-refractivity contribution in [3.05, 3.63) is 64.4 Å². The van der Waals surface area contributed by atoms with Crippen molar-refractivity contribution in [1.29, 1.82) is 0 Å². The molecule has 0 unspecified atom stereocenters. The van der Waals surface area contributed by atoms with E-state index in [9.17, 15) is 13.2 Å². The van der Waals surface area contributed by atoms with E-state index in [2.05, 4.69) is 16.8 Å². The molecule has 0 fully saturated rings. The van der Waals surface area contributed by atoms with Crippen LogP contribution in [0.25, 0.3) is 0 Å². The van der Waals surface area contributed by atoms with Crippen LogP contribution in [0.5, 0.6) is 0 Å². The maximum Gasteiger partial charge on any atom is 0.433 e. The Bertz CT molecular complexity index is 639. The molecular weight excluding hydrogens is 275 g/mol. The Morgan fingerprint density at radius 3 is 2.21 bits per heavy atom. The maximum atomic E-state index is 12.4. The van der Waals surface area contributed by atoms with Gasteiger partial charge in [-0.15, -0.1) is 0 Å². The summed E-state index contributed by atoms with van der Waals surface area (Å²) in [6.07, 6.45) is -4.50. The Morgan fingerprint density at radius 1 is 0.947 bits per heavy atom. The van der Waals surface area contributed by atoms with Gasteiger partial charge in [-0.05, 0) is 24.3 Å². The van der Waals surface area contributed by atoms with Crippen molar-refractivity contribution < 1.29 is 13.2 Å². The van der Waals surface area contributed by atoms with Crippen molar-refractivity contribution >= 4 is 11.6 Å². The summed E-state index contributed by atoms with van der Waals surface area (Å²) < 4.78 is 37.2. The largest absolute Gasteiger partial charge is 0.433 e. The van der Waals surface area contributed by atoms with Crippen LogP contribution in [0.4, 0.5) is 13.2 Å². The molecule has 1 aromatic heterocycles. The number of hydrogen-bond acceptors (Lipinski definition) is 1. The van der Waals surface area contributed by atoms with Crippen LogP contribution in [0.1, 0.15) is 16.8 Å². The summed E-state index contributed by atoms with van der Waals surface area (Å²) in [6.45, 7) is 0. The van der Waals surface area contributed by atoms with Gasteiger partial charge in [0, 0.05) is 5.56 Å². The highest BCUT2D eigenvalue weighted by Crippen LogP contribution is 2.29. The van der Waals surface area contributed by atoms with Crippen LogP contribution in [-0.4, -0.2) is 4.98 Å². The zero-order valence-corrected chi connectivity index (χ0v) is 10.3. The van der Waals surface area contributed by atoms with E-state index in [-0.39, 0.29) is 10.7 Å². The van der Waals surface area contributed by atoms with Crippen LogP contribution in [-0.2, 0) is 6.18 Å². The van der Waals surface area contributed by atoms with Crippen molar-refractivity contribution in [1.82, 2.24) is 4.98 Å². The number of rotatable bonds is 0. The fourth-order valence-corrected chi connectivity index (χ4v) is 1.55. The van der Waals surface area contributed by atoms with Gasteiger partial charge in [0.2, 0.25) is 0 Å². The Labute approximate surface area is 113 Å². The second-order valence-corrected chi connectivity index (χ2v) is 4.01. The van der Waals surface area contributed by atoms with E-state index in [1.54, 1.807) is 12.1 Å². The predicted octanol–water partition coefficient (Wildman–Crippen LogP) is 4.15. The predicted molar refractivity (Wildman–Crippen MR) is 66.7 cm³/mol. The SMILES string of the molecule is FC(F)(F)c1ccc(C#Cc2ccccc2)c(Cl)n1. The van der Waals surface area contributed by atoms with Crippen molar-refractivity contribution in [3.63, 3.8) is 0 Å². The summed E-state index contributed by atoms with van der Waals surface area (Å²) in [4.78, 5) is 3.29. The Morgan fingerprint density at radius 2 is 1.63 bits per heavy atom. The molecule has 0 aliphatic rings. The fraction of sp³-hybridized carbons (Fsp3) is 0.0714. The van der Waals surface area contributed by atoms with Crippen molar-refractivity contribution in [3.8, 4) is 11.8 Å². The van der Waals surface area contributed by atoms with E-state index in [0.29, 0.717) is 0 Å². The van der Waals surface area contributed by atoms with Gasteiger partial charge in [0.15, 0.2) is 0 Å². The first-order valence-electron chi connectivity index (χ1n) is 5.27. The molecule has 1 nitrogen and oxygen atoms in total. The fourth-order valence-electron chi connectivity index (χ4n) is 1.35. The molecule has 0 saturated carbocycles. The van der Waals surface area contributed by atoms with Gasteiger partial charge >= 0.3 is 6.18 Å². The number of halogens is 4. The Kier molecular flexibility index (Phi) is 3.77. The Balaban J connectivity index is 2.31. The number of alkyl halides is 3. The van der Waals surface area contributed by atoms with Gasteiger partial charge < -0.3 is 0 Å². The molecule has 0 aliphatic heterocycles. The number of benzene rings is 1. The van der Waals surface area contributed by atoms with Crippen LogP contribution in [0.2, 0.25) is 5.15 Å². The minimum absolute atomic E-state index is 0.252.